The van der Waals surface area contributed by atoms with Gasteiger partial charge in [-0.3, -0.25) is 9.48 Å². The minimum atomic E-state index is -0.514. The summed E-state index contributed by atoms with van der Waals surface area (Å²) in [5.41, 5.74) is 2.53. The lowest BCUT2D eigenvalue weighted by Gasteiger charge is -2.19. The van der Waals surface area contributed by atoms with Gasteiger partial charge in [0, 0.05) is 23.0 Å². The van der Waals surface area contributed by atoms with Crippen LogP contribution in [0.15, 0.2) is 34.1 Å². The van der Waals surface area contributed by atoms with Crippen molar-refractivity contribution in [2.75, 3.05) is 11.9 Å². The molecule has 8 heteroatoms. The van der Waals surface area contributed by atoms with E-state index in [4.69, 9.17) is 9.84 Å². The Kier molecular flexibility index (Phi) is 7.87. The molecule has 0 radical (unpaired) electrons. The quantitative estimate of drug-likeness (QED) is 0.550. The van der Waals surface area contributed by atoms with Crippen LogP contribution in [0.1, 0.15) is 58.8 Å². The third-order valence-corrected chi connectivity index (χ3v) is 6.21. The molecule has 1 aliphatic rings. The van der Waals surface area contributed by atoms with Gasteiger partial charge in [0.05, 0.1) is 22.8 Å². The van der Waals surface area contributed by atoms with Crippen molar-refractivity contribution in [1.29, 1.82) is 0 Å². The van der Waals surface area contributed by atoms with Crippen molar-refractivity contribution in [2.24, 2.45) is 5.92 Å². The van der Waals surface area contributed by atoms with E-state index in [1.807, 2.05) is 49.7 Å². The van der Waals surface area contributed by atoms with Crippen LogP contribution in [-0.2, 0) is 28.9 Å². The van der Waals surface area contributed by atoms with Gasteiger partial charge in [0.15, 0.2) is 0 Å². The highest BCUT2D eigenvalue weighted by Crippen LogP contribution is 2.35. The van der Waals surface area contributed by atoms with E-state index in [2.05, 4.69) is 24.5 Å². The van der Waals surface area contributed by atoms with E-state index in [-0.39, 0.29) is 11.8 Å². The maximum atomic E-state index is 12.0. The average molecular weight is 459 g/mol. The van der Waals surface area contributed by atoms with Gasteiger partial charge < -0.3 is 15.4 Å². The predicted molar refractivity (Wildman–Crippen MR) is 127 cm³/mol. The van der Waals surface area contributed by atoms with Gasteiger partial charge >= 0.3 is 6.09 Å². The number of carbonyl (C=O) groups excluding carboxylic acids is 2. The van der Waals surface area contributed by atoms with Gasteiger partial charge in [-0.05, 0) is 70.7 Å². The Labute approximate surface area is 194 Å². The van der Waals surface area contributed by atoms with Crippen molar-refractivity contribution in [3.63, 3.8) is 0 Å². The summed E-state index contributed by atoms with van der Waals surface area (Å²) in [6, 6.07) is 7.98. The highest BCUT2D eigenvalue weighted by molar-refractivity contribution is 7.99. The number of nitrogens with zero attached hydrogens (tertiary/aromatic N) is 2. The molecule has 3 rings (SSSR count). The van der Waals surface area contributed by atoms with Crippen molar-refractivity contribution >= 4 is 29.4 Å². The van der Waals surface area contributed by atoms with E-state index >= 15 is 0 Å². The summed E-state index contributed by atoms with van der Waals surface area (Å²) < 4.78 is 7.29. The number of anilines is 1. The second-order valence-corrected chi connectivity index (χ2v) is 10.1. The highest BCUT2D eigenvalue weighted by atomic mass is 32.2. The molecule has 1 saturated carbocycles. The zero-order chi connectivity index (χ0) is 23.3. The van der Waals surface area contributed by atoms with Gasteiger partial charge in [-0.15, -0.1) is 0 Å². The van der Waals surface area contributed by atoms with Crippen molar-refractivity contribution in [1.82, 2.24) is 15.1 Å². The molecule has 32 heavy (non-hydrogen) atoms. The molecule has 7 nitrogen and oxygen atoms in total. The second-order valence-electron chi connectivity index (χ2n) is 8.97. The first-order chi connectivity index (χ1) is 15.2. The van der Waals surface area contributed by atoms with Crippen LogP contribution in [0, 0.1) is 5.92 Å². The molecule has 1 heterocycles. The monoisotopic (exact) mass is 458 g/mol. The van der Waals surface area contributed by atoms with Gasteiger partial charge in [0.2, 0.25) is 5.91 Å². The third-order valence-electron chi connectivity index (χ3n) is 5.03. The third kappa shape index (κ3) is 6.76. The lowest BCUT2D eigenvalue weighted by Crippen LogP contribution is -2.34. The molecule has 0 unspecified atom stereocenters. The molecule has 0 aliphatic heterocycles. The molecule has 0 bridgehead atoms. The Morgan fingerprint density at radius 2 is 1.84 bits per heavy atom. The van der Waals surface area contributed by atoms with Crippen molar-refractivity contribution < 1.29 is 14.3 Å². The number of alkyl carbamates (subject to hydrolysis) is 1. The van der Waals surface area contributed by atoms with E-state index in [9.17, 15) is 9.59 Å². The lowest BCUT2D eigenvalue weighted by molar-refractivity contribution is -0.117. The Morgan fingerprint density at radius 3 is 2.41 bits per heavy atom. The van der Waals surface area contributed by atoms with Crippen LogP contribution in [0.4, 0.5) is 10.5 Å². The average Bonchev–Trinajstić information content (AvgIpc) is 3.52. The van der Waals surface area contributed by atoms with Gasteiger partial charge in [-0.25, -0.2) is 4.79 Å². The lowest BCUT2D eigenvalue weighted by atomic mass is 10.2. The van der Waals surface area contributed by atoms with Crippen molar-refractivity contribution in [3.05, 3.63) is 35.7 Å². The molecule has 1 aliphatic carbocycles. The van der Waals surface area contributed by atoms with Crippen molar-refractivity contribution in [3.8, 4) is 0 Å². The van der Waals surface area contributed by atoms with E-state index < -0.39 is 11.7 Å². The number of benzene rings is 1. The first kappa shape index (κ1) is 24.2. The minimum absolute atomic E-state index is 0.119. The summed E-state index contributed by atoms with van der Waals surface area (Å²) in [7, 11) is 0. The standard InChI is InChI=1S/C24H34N4O3S/c1-6-19-21(32-18-12-10-17(11-13-18)26-22(29)16-8-9-16)20(7-2)28(27-19)15-14-25-23(30)31-24(3,4)5/h10-13,16H,6-9,14-15H2,1-5H3,(H,25,30)(H,26,29). The molecule has 2 aromatic rings. The molecule has 0 atom stereocenters. The molecule has 0 spiro atoms. The number of aromatic nitrogens is 2. The van der Waals surface area contributed by atoms with Crippen LogP contribution in [0.5, 0.6) is 0 Å². The van der Waals surface area contributed by atoms with E-state index in [0.29, 0.717) is 13.1 Å². The van der Waals surface area contributed by atoms with Crippen LogP contribution < -0.4 is 10.6 Å². The first-order valence-electron chi connectivity index (χ1n) is 11.3. The largest absolute Gasteiger partial charge is 0.444 e. The topological polar surface area (TPSA) is 85.2 Å². The van der Waals surface area contributed by atoms with Crippen molar-refractivity contribution in [2.45, 2.75) is 82.2 Å². The fraction of sp³-hybridized carbons (Fsp3) is 0.542. The number of hydrogen-bond donors (Lipinski definition) is 2. The smallest absolute Gasteiger partial charge is 0.407 e. The molecule has 2 amide bonds. The maximum Gasteiger partial charge on any atom is 0.407 e. The van der Waals surface area contributed by atoms with Crippen LogP contribution in [0.3, 0.4) is 0 Å². The Bertz CT molecular complexity index is 943. The molecular formula is C24H34N4O3S. The summed E-state index contributed by atoms with van der Waals surface area (Å²) >= 11 is 1.70. The summed E-state index contributed by atoms with van der Waals surface area (Å²) in [5, 5.41) is 10.6. The molecule has 0 saturated heterocycles. The zero-order valence-electron chi connectivity index (χ0n) is 19.7. The maximum absolute atomic E-state index is 12.0. The van der Waals surface area contributed by atoms with Crippen LogP contribution >= 0.6 is 11.8 Å². The summed E-state index contributed by atoms with van der Waals surface area (Å²) in [6.07, 6.45) is 3.25. The minimum Gasteiger partial charge on any atom is -0.444 e. The van der Waals surface area contributed by atoms with Gasteiger partial charge in [0.25, 0.3) is 0 Å². The summed E-state index contributed by atoms with van der Waals surface area (Å²) in [5.74, 6) is 0.312. The molecule has 1 fully saturated rings. The molecule has 1 aromatic heterocycles. The SMILES string of the molecule is CCc1nn(CCNC(=O)OC(C)(C)C)c(CC)c1Sc1ccc(NC(=O)C2CC2)cc1. The van der Waals surface area contributed by atoms with Gasteiger partial charge in [-0.1, -0.05) is 25.6 Å². The van der Waals surface area contributed by atoms with Crippen LogP contribution in [0.2, 0.25) is 0 Å². The number of ether oxygens (including phenoxy) is 1. The highest BCUT2D eigenvalue weighted by Gasteiger charge is 2.29. The van der Waals surface area contributed by atoms with E-state index in [1.54, 1.807) is 11.8 Å². The van der Waals surface area contributed by atoms with Gasteiger partial charge in [0.1, 0.15) is 5.60 Å². The van der Waals surface area contributed by atoms with Crippen LogP contribution in [0.25, 0.3) is 0 Å². The molecule has 2 N–H and O–H groups in total. The first-order valence-corrected chi connectivity index (χ1v) is 12.2. The molecule has 174 valence electrons. The number of carbonyl (C=O) groups is 2. The number of amides is 2. The Morgan fingerprint density at radius 1 is 1.16 bits per heavy atom. The fourth-order valence-electron chi connectivity index (χ4n) is 3.30. The van der Waals surface area contributed by atoms with E-state index in [1.165, 1.54) is 4.90 Å². The summed E-state index contributed by atoms with van der Waals surface area (Å²) in [6.45, 7) is 10.8. The normalized spacial score (nSPS) is 13.7. The number of hydrogen-bond acceptors (Lipinski definition) is 5. The molecule has 1 aromatic carbocycles. The fourth-order valence-corrected chi connectivity index (χ4v) is 4.48. The second kappa shape index (κ2) is 10.4. The van der Waals surface area contributed by atoms with E-state index in [0.717, 1.165) is 47.7 Å². The predicted octanol–water partition coefficient (Wildman–Crippen LogP) is 5.03. The zero-order valence-corrected chi connectivity index (χ0v) is 20.5. The molecular weight excluding hydrogens is 424 g/mol. The number of aryl methyl sites for hydroxylation is 1. The number of nitrogens with one attached hydrogen (secondary N) is 2. The van der Waals surface area contributed by atoms with Crippen LogP contribution in [-0.4, -0.2) is 33.9 Å². The number of rotatable bonds is 9. The van der Waals surface area contributed by atoms with Gasteiger partial charge in [-0.2, -0.15) is 5.10 Å². The summed E-state index contributed by atoms with van der Waals surface area (Å²) in [4.78, 5) is 26.1. The Balaban J connectivity index is 1.65. The Hall–Kier alpha value is -2.48.